The van der Waals surface area contributed by atoms with E-state index < -0.39 is 5.41 Å². The van der Waals surface area contributed by atoms with Crippen LogP contribution in [0, 0.1) is 5.41 Å². The zero-order chi connectivity index (χ0) is 18.7. The first-order chi connectivity index (χ1) is 12.3. The molecule has 2 aromatic rings. The molecule has 1 aromatic carbocycles. The van der Waals surface area contributed by atoms with Gasteiger partial charge in [-0.3, -0.25) is 14.9 Å². The van der Waals surface area contributed by atoms with Crippen molar-refractivity contribution in [1.82, 2.24) is 4.98 Å². The van der Waals surface area contributed by atoms with E-state index in [2.05, 4.69) is 15.6 Å². The normalized spacial score (nSPS) is 17.1. The topological polar surface area (TPSA) is 80.3 Å². The molecule has 0 saturated carbocycles. The fourth-order valence-electron chi connectivity index (χ4n) is 2.48. The summed E-state index contributed by atoms with van der Waals surface area (Å²) in [5, 5.41) is 8.17. The molecule has 0 spiro atoms. The van der Waals surface area contributed by atoms with Gasteiger partial charge in [-0.05, 0) is 25.0 Å². The zero-order valence-corrected chi connectivity index (χ0v) is 16.0. The number of rotatable bonds is 4. The van der Waals surface area contributed by atoms with Crippen molar-refractivity contribution in [3.05, 3.63) is 29.6 Å². The Morgan fingerprint density at radius 3 is 2.54 bits per heavy atom. The number of aromatic nitrogens is 1. The van der Waals surface area contributed by atoms with Gasteiger partial charge in [0.2, 0.25) is 5.91 Å². The molecular formula is C19H23N3O3S. The Balaban J connectivity index is 1.63. The zero-order valence-electron chi connectivity index (χ0n) is 15.2. The molecule has 26 heavy (non-hydrogen) atoms. The molecule has 0 bridgehead atoms. The summed E-state index contributed by atoms with van der Waals surface area (Å²) in [6, 6.07) is 7.50. The minimum Gasteiger partial charge on any atom is -0.368 e. The number of ether oxygens (including phenoxy) is 1. The lowest BCUT2D eigenvalue weighted by Gasteiger charge is -2.17. The molecule has 2 amide bonds. The van der Waals surface area contributed by atoms with E-state index in [0.717, 1.165) is 29.8 Å². The van der Waals surface area contributed by atoms with Crippen LogP contribution in [0.1, 0.15) is 33.6 Å². The molecule has 138 valence electrons. The number of thiazole rings is 1. The van der Waals surface area contributed by atoms with E-state index in [1.165, 1.54) is 11.3 Å². The van der Waals surface area contributed by atoms with Crippen molar-refractivity contribution < 1.29 is 14.3 Å². The standard InChI is InChI=1S/C19H23N3O3S/c1-19(2,3)17(24)20-13-8-6-12(7-9-13)14-11-26-18(21-14)22-16(23)15-5-4-10-25-15/h6-9,11,15H,4-5,10H2,1-3H3,(H,20,24)(H,21,22,23). The second-order valence-electron chi connectivity index (χ2n) is 7.31. The van der Waals surface area contributed by atoms with E-state index in [1.807, 2.05) is 50.4 Å². The summed E-state index contributed by atoms with van der Waals surface area (Å²) in [6.07, 6.45) is 1.30. The Labute approximate surface area is 157 Å². The number of benzene rings is 1. The SMILES string of the molecule is CC(C)(C)C(=O)Nc1ccc(-c2csc(NC(=O)C3CCCO3)n2)cc1. The molecule has 1 atom stereocenters. The molecule has 1 saturated heterocycles. The van der Waals surface area contributed by atoms with E-state index in [1.54, 1.807) is 0 Å². The van der Waals surface area contributed by atoms with Gasteiger partial charge in [0.15, 0.2) is 5.13 Å². The summed E-state index contributed by atoms with van der Waals surface area (Å²) in [6.45, 7) is 6.26. The van der Waals surface area contributed by atoms with Gasteiger partial charge in [-0.25, -0.2) is 4.98 Å². The van der Waals surface area contributed by atoms with E-state index in [-0.39, 0.29) is 17.9 Å². The molecule has 2 N–H and O–H groups in total. The maximum Gasteiger partial charge on any atom is 0.255 e. The van der Waals surface area contributed by atoms with Crippen LogP contribution in [0.3, 0.4) is 0 Å². The molecule has 3 rings (SSSR count). The third-order valence-electron chi connectivity index (χ3n) is 4.08. The van der Waals surface area contributed by atoms with E-state index >= 15 is 0 Å². The van der Waals surface area contributed by atoms with Crippen molar-refractivity contribution in [3.8, 4) is 11.3 Å². The first-order valence-electron chi connectivity index (χ1n) is 8.63. The van der Waals surface area contributed by atoms with Crippen LogP contribution in [0.2, 0.25) is 0 Å². The first-order valence-corrected chi connectivity index (χ1v) is 9.51. The highest BCUT2D eigenvalue weighted by molar-refractivity contribution is 7.14. The second-order valence-corrected chi connectivity index (χ2v) is 8.17. The molecule has 0 radical (unpaired) electrons. The number of nitrogens with zero attached hydrogens (tertiary/aromatic N) is 1. The quantitative estimate of drug-likeness (QED) is 0.851. The van der Waals surface area contributed by atoms with Crippen LogP contribution in [0.4, 0.5) is 10.8 Å². The molecular weight excluding hydrogens is 350 g/mol. The summed E-state index contributed by atoms with van der Waals surface area (Å²) >= 11 is 1.38. The fraction of sp³-hybridized carbons (Fsp3) is 0.421. The van der Waals surface area contributed by atoms with Gasteiger partial charge in [-0.1, -0.05) is 32.9 Å². The molecule has 1 aromatic heterocycles. The van der Waals surface area contributed by atoms with E-state index in [9.17, 15) is 9.59 Å². The largest absolute Gasteiger partial charge is 0.368 e. The molecule has 1 fully saturated rings. The predicted octanol–water partition coefficient (Wildman–Crippen LogP) is 3.91. The Bertz CT molecular complexity index is 787. The number of nitrogens with one attached hydrogen (secondary N) is 2. The van der Waals surface area contributed by atoms with Gasteiger partial charge >= 0.3 is 0 Å². The molecule has 6 nitrogen and oxygen atoms in total. The number of hydrogen-bond acceptors (Lipinski definition) is 5. The van der Waals surface area contributed by atoms with E-state index in [0.29, 0.717) is 11.7 Å². The molecule has 2 heterocycles. The predicted molar refractivity (Wildman–Crippen MR) is 103 cm³/mol. The maximum absolute atomic E-state index is 12.1. The maximum atomic E-state index is 12.1. The third kappa shape index (κ3) is 4.47. The Morgan fingerprint density at radius 1 is 1.19 bits per heavy atom. The van der Waals surface area contributed by atoms with Crippen LogP contribution < -0.4 is 10.6 Å². The highest BCUT2D eigenvalue weighted by atomic mass is 32.1. The van der Waals surface area contributed by atoms with Gasteiger partial charge in [0.25, 0.3) is 5.91 Å². The highest BCUT2D eigenvalue weighted by Crippen LogP contribution is 2.27. The summed E-state index contributed by atoms with van der Waals surface area (Å²) in [5.74, 6) is -0.165. The van der Waals surface area contributed by atoms with Crippen molar-refractivity contribution in [1.29, 1.82) is 0 Å². The number of hydrogen-bond donors (Lipinski definition) is 2. The molecule has 1 aliphatic rings. The van der Waals surface area contributed by atoms with Crippen LogP contribution in [-0.4, -0.2) is 29.5 Å². The Hall–Kier alpha value is -2.25. The third-order valence-corrected chi connectivity index (χ3v) is 4.83. The molecule has 1 aliphatic heterocycles. The Kier molecular flexibility index (Phi) is 5.38. The van der Waals surface area contributed by atoms with Crippen molar-refractivity contribution in [2.75, 3.05) is 17.2 Å². The smallest absolute Gasteiger partial charge is 0.255 e. The van der Waals surface area contributed by atoms with Gasteiger partial charge in [0, 0.05) is 28.7 Å². The molecule has 7 heteroatoms. The van der Waals surface area contributed by atoms with Gasteiger partial charge in [0.05, 0.1) is 5.69 Å². The van der Waals surface area contributed by atoms with Crippen LogP contribution >= 0.6 is 11.3 Å². The fourth-order valence-corrected chi connectivity index (χ4v) is 3.20. The number of anilines is 2. The Morgan fingerprint density at radius 2 is 1.92 bits per heavy atom. The van der Waals surface area contributed by atoms with Crippen molar-refractivity contribution in [2.45, 2.75) is 39.7 Å². The van der Waals surface area contributed by atoms with Crippen LogP contribution in [0.25, 0.3) is 11.3 Å². The van der Waals surface area contributed by atoms with Gasteiger partial charge in [-0.2, -0.15) is 0 Å². The molecule has 0 aliphatic carbocycles. The minimum atomic E-state index is -0.441. The van der Waals surface area contributed by atoms with Gasteiger partial charge in [-0.15, -0.1) is 11.3 Å². The average molecular weight is 373 g/mol. The van der Waals surface area contributed by atoms with Gasteiger partial charge < -0.3 is 10.1 Å². The highest BCUT2D eigenvalue weighted by Gasteiger charge is 2.24. The lowest BCUT2D eigenvalue weighted by Crippen LogP contribution is -2.27. The summed E-state index contributed by atoms with van der Waals surface area (Å²) < 4.78 is 5.38. The molecule has 1 unspecified atom stereocenters. The minimum absolute atomic E-state index is 0.0296. The van der Waals surface area contributed by atoms with Gasteiger partial charge in [0.1, 0.15) is 6.10 Å². The van der Waals surface area contributed by atoms with Crippen LogP contribution in [0.15, 0.2) is 29.6 Å². The average Bonchev–Trinajstić information content (AvgIpc) is 3.26. The summed E-state index contributed by atoms with van der Waals surface area (Å²) in [5.41, 5.74) is 2.01. The van der Waals surface area contributed by atoms with Crippen molar-refractivity contribution >= 4 is 34.0 Å². The summed E-state index contributed by atoms with van der Waals surface area (Å²) in [7, 11) is 0. The number of carbonyl (C=O) groups is 2. The first kappa shape index (κ1) is 18.5. The number of amides is 2. The van der Waals surface area contributed by atoms with Crippen LogP contribution in [0.5, 0.6) is 0 Å². The monoisotopic (exact) mass is 373 g/mol. The lowest BCUT2D eigenvalue weighted by molar-refractivity contribution is -0.124. The van der Waals surface area contributed by atoms with Crippen molar-refractivity contribution in [2.24, 2.45) is 5.41 Å². The van der Waals surface area contributed by atoms with Crippen LogP contribution in [-0.2, 0) is 14.3 Å². The lowest BCUT2D eigenvalue weighted by atomic mass is 9.95. The van der Waals surface area contributed by atoms with Crippen molar-refractivity contribution in [3.63, 3.8) is 0 Å². The van der Waals surface area contributed by atoms with E-state index in [4.69, 9.17) is 4.74 Å². The summed E-state index contributed by atoms with van der Waals surface area (Å²) in [4.78, 5) is 28.6. The number of carbonyl (C=O) groups excluding carboxylic acids is 2. The second kappa shape index (κ2) is 7.55.